The second-order valence-corrected chi connectivity index (χ2v) is 6.49. The molecule has 0 bridgehead atoms. The summed E-state index contributed by atoms with van der Waals surface area (Å²) < 4.78 is 52.0. The molecule has 2 aromatic carbocycles. The van der Waals surface area contributed by atoms with E-state index < -0.39 is 18.8 Å². The molecule has 0 saturated carbocycles. The number of carbonyl (C=O) groups is 1. The maximum absolute atomic E-state index is 12.3. The predicted octanol–water partition coefficient (Wildman–Crippen LogP) is 5.04. The molecule has 6 nitrogen and oxygen atoms in total. The van der Waals surface area contributed by atoms with Crippen molar-refractivity contribution in [2.45, 2.75) is 12.8 Å². The number of benzene rings is 2. The summed E-state index contributed by atoms with van der Waals surface area (Å²) in [7, 11) is 2.49. The molecule has 0 unspecified atom stereocenters. The summed E-state index contributed by atoms with van der Waals surface area (Å²) >= 11 is 11.9. The summed E-state index contributed by atoms with van der Waals surface area (Å²) in [6.45, 7) is -1.57. The topological polar surface area (TPSA) is 66.4 Å². The Labute approximate surface area is 180 Å². The maximum Gasteiger partial charge on any atom is 0.422 e. The van der Waals surface area contributed by atoms with Crippen LogP contribution in [0.4, 0.5) is 13.2 Å². The van der Waals surface area contributed by atoms with Gasteiger partial charge in [0.05, 0.1) is 17.2 Å². The van der Waals surface area contributed by atoms with Gasteiger partial charge in [0, 0.05) is 17.7 Å². The fourth-order valence-electron chi connectivity index (χ4n) is 2.33. The maximum atomic E-state index is 12.3. The fourth-order valence-corrected chi connectivity index (χ4v) is 2.91. The van der Waals surface area contributed by atoms with Crippen LogP contribution < -0.4 is 9.47 Å². The Morgan fingerprint density at radius 3 is 2.27 bits per heavy atom. The number of rotatable bonds is 8. The van der Waals surface area contributed by atoms with Crippen molar-refractivity contribution in [1.29, 1.82) is 0 Å². The highest BCUT2D eigenvalue weighted by molar-refractivity contribution is 6.43. The summed E-state index contributed by atoms with van der Waals surface area (Å²) in [5, 5.41) is 3.40. The molecule has 0 radical (unpaired) electrons. The molecular weight excluding hydrogens is 450 g/mol. The lowest BCUT2D eigenvalue weighted by atomic mass is 10.0. The normalized spacial score (nSPS) is 11.8. The first-order valence-corrected chi connectivity index (χ1v) is 9.01. The number of esters is 1. The largest absolute Gasteiger partial charge is 0.489 e. The van der Waals surface area contributed by atoms with Crippen LogP contribution in [0.1, 0.15) is 11.1 Å². The van der Waals surface area contributed by atoms with Crippen molar-refractivity contribution >= 4 is 34.9 Å². The molecule has 0 heterocycles. The Kier molecular flexibility index (Phi) is 8.19. The quantitative estimate of drug-likeness (QED) is 0.310. The van der Waals surface area contributed by atoms with Crippen LogP contribution in [-0.4, -0.2) is 38.7 Å². The third kappa shape index (κ3) is 6.43. The second-order valence-electron chi connectivity index (χ2n) is 5.68. The van der Waals surface area contributed by atoms with Gasteiger partial charge in [0.1, 0.15) is 19.5 Å². The third-order valence-electron chi connectivity index (χ3n) is 3.58. The van der Waals surface area contributed by atoms with E-state index in [2.05, 4.69) is 9.89 Å². The SMILES string of the molecule is CO/N=C(/C(=O)OC)c1ccccc1COc1cc(Cl)c(OCC(F)(F)F)c(Cl)c1. The van der Waals surface area contributed by atoms with Crippen LogP contribution in [0, 0.1) is 0 Å². The van der Waals surface area contributed by atoms with Gasteiger partial charge in [-0.05, 0) is 5.56 Å². The van der Waals surface area contributed by atoms with Crippen molar-refractivity contribution in [2.75, 3.05) is 20.8 Å². The van der Waals surface area contributed by atoms with Crippen LogP contribution in [0.3, 0.4) is 0 Å². The minimum absolute atomic E-state index is 0.0364. The molecule has 0 aromatic heterocycles. The molecule has 0 spiro atoms. The van der Waals surface area contributed by atoms with Gasteiger partial charge in [0.2, 0.25) is 0 Å². The third-order valence-corrected chi connectivity index (χ3v) is 4.14. The van der Waals surface area contributed by atoms with Crippen molar-refractivity contribution < 1.29 is 37.0 Å². The van der Waals surface area contributed by atoms with Crippen molar-refractivity contribution in [2.24, 2.45) is 5.16 Å². The number of carbonyl (C=O) groups excluding carboxylic acids is 1. The van der Waals surface area contributed by atoms with Crippen molar-refractivity contribution in [1.82, 2.24) is 0 Å². The van der Waals surface area contributed by atoms with Gasteiger partial charge in [-0.25, -0.2) is 4.79 Å². The monoisotopic (exact) mass is 465 g/mol. The standard InChI is InChI=1S/C19H16Cl2F3NO5/c1-27-18(26)16(25-28-2)13-6-4-3-5-11(13)9-29-12-7-14(20)17(15(21)8-12)30-10-19(22,23)24/h3-8H,9-10H2,1-2H3/b25-16+. The van der Waals surface area contributed by atoms with E-state index in [1.165, 1.54) is 26.4 Å². The highest BCUT2D eigenvalue weighted by atomic mass is 35.5. The number of hydrogen-bond acceptors (Lipinski definition) is 6. The van der Waals surface area contributed by atoms with E-state index in [0.29, 0.717) is 11.1 Å². The fraction of sp³-hybridized carbons (Fsp3) is 0.263. The number of methoxy groups -OCH3 is 1. The Bertz CT molecular complexity index is 912. The average Bonchev–Trinajstić information content (AvgIpc) is 2.68. The lowest BCUT2D eigenvalue weighted by Gasteiger charge is -2.15. The molecular formula is C19H16Cl2F3NO5. The summed E-state index contributed by atoms with van der Waals surface area (Å²) in [5.74, 6) is -0.826. The Hall–Kier alpha value is -2.65. The minimum atomic E-state index is -4.54. The van der Waals surface area contributed by atoms with Crippen LogP contribution in [-0.2, 0) is 21.0 Å². The first kappa shape index (κ1) is 23.6. The van der Waals surface area contributed by atoms with Gasteiger partial charge >= 0.3 is 12.1 Å². The van der Waals surface area contributed by atoms with Gasteiger partial charge in [-0.15, -0.1) is 0 Å². The molecule has 0 aliphatic rings. The van der Waals surface area contributed by atoms with E-state index in [1.54, 1.807) is 24.3 Å². The molecule has 0 fully saturated rings. The zero-order valence-corrected chi connectivity index (χ0v) is 17.3. The number of halogens is 5. The smallest absolute Gasteiger partial charge is 0.422 e. The Balaban J connectivity index is 2.22. The molecule has 0 N–H and O–H groups in total. The molecule has 2 rings (SSSR count). The van der Waals surface area contributed by atoms with Crippen LogP contribution in [0.5, 0.6) is 11.5 Å². The number of hydrogen-bond donors (Lipinski definition) is 0. The number of oxime groups is 1. The molecule has 0 saturated heterocycles. The molecule has 0 aliphatic carbocycles. The van der Waals surface area contributed by atoms with Gasteiger partial charge in [-0.2, -0.15) is 13.2 Å². The van der Waals surface area contributed by atoms with Crippen LogP contribution in [0.2, 0.25) is 10.0 Å². The van der Waals surface area contributed by atoms with Crippen LogP contribution in [0.15, 0.2) is 41.6 Å². The number of ether oxygens (including phenoxy) is 3. The molecule has 0 aliphatic heterocycles. The van der Waals surface area contributed by atoms with E-state index in [4.69, 9.17) is 37.5 Å². The number of nitrogens with zero attached hydrogens (tertiary/aromatic N) is 1. The minimum Gasteiger partial charge on any atom is -0.489 e. The highest BCUT2D eigenvalue weighted by Gasteiger charge is 2.29. The molecule has 162 valence electrons. The first-order chi connectivity index (χ1) is 14.2. The Morgan fingerprint density at radius 1 is 1.07 bits per heavy atom. The second kappa shape index (κ2) is 10.4. The lowest BCUT2D eigenvalue weighted by molar-refractivity contribution is -0.153. The van der Waals surface area contributed by atoms with Crippen molar-refractivity contribution in [3.05, 3.63) is 57.6 Å². The first-order valence-electron chi connectivity index (χ1n) is 8.25. The molecule has 0 amide bonds. The lowest BCUT2D eigenvalue weighted by Crippen LogP contribution is -2.20. The number of alkyl halides is 3. The van der Waals surface area contributed by atoms with E-state index in [1.807, 2.05) is 0 Å². The van der Waals surface area contributed by atoms with Crippen molar-refractivity contribution in [3.63, 3.8) is 0 Å². The summed E-state index contributed by atoms with van der Waals surface area (Å²) in [6, 6.07) is 9.26. The highest BCUT2D eigenvalue weighted by Crippen LogP contribution is 2.38. The summed E-state index contributed by atoms with van der Waals surface area (Å²) in [4.78, 5) is 16.7. The van der Waals surface area contributed by atoms with Gasteiger partial charge in [0.15, 0.2) is 18.1 Å². The van der Waals surface area contributed by atoms with E-state index in [0.717, 1.165) is 0 Å². The van der Waals surface area contributed by atoms with E-state index in [-0.39, 0.29) is 33.9 Å². The van der Waals surface area contributed by atoms with Crippen molar-refractivity contribution in [3.8, 4) is 11.5 Å². The zero-order chi connectivity index (χ0) is 22.3. The van der Waals surface area contributed by atoms with Gasteiger partial charge in [-0.3, -0.25) is 0 Å². The van der Waals surface area contributed by atoms with Gasteiger partial charge in [0.25, 0.3) is 0 Å². The van der Waals surface area contributed by atoms with Gasteiger partial charge < -0.3 is 19.0 Å². The summed E-state index contributed by atoms with van der Waals surface area (Å²) in [5.41, 5.74) is 0.906. The van der Waals surface area contributed by atoms with Crippen LogP contribution in [0.25, 0.3) is 0 Å². The van der Waals surface area contributed by atoms with E-state index in [9.17, 15) is 18.0 Å². The van der Waals surface area contributed by atoms with Gasteiger partial charge in [-0.1, -0.05) is 52.6 Å². The molecule has 11 heteroatoms. The Morgan fingerprint density at radius 2 is 1.70 bits per heavy atom. The molecule has 2 aromatic rings. The zero-order valence-electron chi connectivity index (χ0n) is 15.8. The molecule has 30 heavy (non-hydrogen) atoms. The van der Waals surface area contributed by atoms with Crippen LogP contribution >= 0.6 is 23.2 Å². The summed E-state index contributed by atoms with van der Waals surface area (Å²) in [6.07, 6.45) is -4.54. The predicted molar refractivity (Wildman–Crippen MR) is 104 cm³/mol. The van der Waals surface area contributed by atoms with E-state index >= 15 is 0 Å². The molecule has 0 atom stereocenters. The average molecular weight is 466 g/mol.